The molecule has 0 atom stereocenters. The van der Waals surface area contributed by atoms with Gasteiger partial charge in [-0.3, -0.25) is 0 Å². The van der Waals surface area contributed by atoms with Gasteiger partial charge in [0.1, 0.15) is 0 Å². The van der Waals surface area contributed by atoms with Crippen molar-refractivity contribution in [2.24, 2.45) is 0 Å². The van der Waals surface area contributed by atoms with Gasteiger partial charge >= 0.3 is 0 Å². The van der Waals surface area contributed by atoms with Crippen LogP contribution in [0.1, 0.15) is 47.1 Å². The molecular formula is C19H30. The summed E-state index contributed by atoms with van der Waals surface area (Å²) in [7, 11) is 0. The zero-order chi connectivity index (χ0) is 15.1. The average molecular weight is 258 g/mol. The van der Waals surface area contributed by atoms with E-state index in [1.807, 2.05) is 47.6 Å². The van der Waals surface area contributed by atoms with Crippen LogP contribution in [0.5, 0.6) is 0 Å². The van der Waals surface area contributed by atoms with E-state index >= 15 is 0 Å². The van der Waals surface area contributed by atoms with Crippen LogP contribution in [0.2, 0.25) is 0 Å². The molecule has 0 bridgehead atoms. The molecule has 106 valence electrons. The van der Waals surface area contributed by atoms with E-state index in [1.54, 1.807) is 0 Å². The van der Waals surface area contributed by atoms with Crippen molar-refractivity contribution < 1.29 is 0 Å². The fourth-order valence-electron chi connectivity index (χ4n) is 1.51. The average Bonchev–Trinajstić information content (AvgIpc) is 2.54. The predicted molar refractivity (Wildman–Crippen MR) is 90.7 cm³/mol. The van der Waals surface area contributed by atoms with Gasteiger partial charge in [-0.25, -0.2) is 0 Å². The van der Waals surface area contributed by atoms with Crippen LogP contribution in [0.25, 0.3) is 11.1 Å². The molecule has 0 aliphatic carbocycles. The van der Waals surface area contributed by atoms with E-state index in [0.717, 1.165) is 0 Å². The number of rotatable bonds is 1. The van der Waals surface area contributed by atoms with E-state index in [0.29, 0.717) is 0 Å². The summed E-state index contributed by atoms with van der Waals surface area (Å²) < 4.78 is 0. The Kier molecular flexibility index (Phi) is 15.1. The molecule has 2 rings (SSSR count). The predicted octanol–water partition coefficient (Wildman–Crippen LogP) is 6.74. The summed E-state index contributed by atoms with van der Waals surface area (Å²) in [5.41, 5.74) is 3.94. The molecule has 2 aromatic carbocycles. The second kappa shape index (κ2) is 14.5. The first-order valence-electron chi connectivity index (χ1n) is 7.49. The molecule has 0 aliphatic rings. The molecule has 0 saturated carbocycles. The monoisotopic (exact) mass is 258 g/mol. The first kappa shape index (κ1) is 19.8. The summed E-state index contributed by atoms with van der Waals surface area (Å²) in [4.78, 5) is 0. The van der Waals surface area contributed by atoms with E-state index in [9.17, 15) is 0 Å². The van der Waals surface area contributed by atoms with E-state index in [-0.39, 0.29) is 0 Å². The summed E-state index contributed by atoms with van der Waals surface area (Å²) in [5.74, 6) is 0. The lowest BCUT2D eigenvalue weighted by Crippen LogP contribution is -1.80. The molecule has 0 aromatic heterocycles. The summed E-state index contributed by atoms with van der Waals surface area (Å²) in [6.45, 7) is 14.1. The minimum atomic E-state index is 1.29. The van der Waals surface area contributed by atoms with Crippen molar-refractivity contribution in [2.75, 3.05) is 0 Å². The van der Waals surface area contributed by atoms with Crippen molar-refractivity contribution in [3.63, 3.8) is 0 Å². The van der Waals surface area contributed by atoms with Crippen LogP contribution in [0, 0.1) is 6.92 Å². The minimum Gasteiger partial charge on any atom is -0.0683 e. The van der Waals surface area contributed by atoms with Crippen molar-refractivity contribution in [2.45, 2.75) is 48.5 Å². The Morgan fingerprint density at radius 3 is 1.42 bits per heavy atom. The Morgan fingerprint density at radius 1 is 0.526 bits per heavy atom. The van der Waals surface area contributed by atoms with E-state index in [2.05, 4.69) is 55.5 Å². The maximum atomic E-state index is 2.16. The molecule has 19 heavy (non-hydrogen) atoms. The third-order valence-electron chi connectivity index (χ3n) is 2.23. The summed E-state index contributed by atoms with van der Waals surface area (Å²) in [6.07, 6.45) is 0. The van der Waals surface area contributed by atoms with Crippen LogP contribution < -0.4 is 0 Å². The van der Waals surface area contributed by atoms with E-state index < -0.39 is 0 Å². The van der Waals surface area contributed by atoms with Gasteiger partial charge in [0, 0.05) is 0 Å². The maximum absolute atomic E-state index is 2.16. The first-order valence-corrected chi connectivity index (χ1v) is 7.49. The highest BCUT2D eigenvalue weighted by molar-refractivity contribution is 5.66. The molecule has 0 amide bonds. The Balaban J connectivity index is 0. The number of benzene rings is 2. The molecule has 0 heteroatoms. The summed E-state index contributed by atoms with van der Waals surface area (Å²) in [5, 5.41) is 0. The van der Waals surface area contributed by atoms with Gasteiger partial charge in [-0.05, 0) is 23.6 Å². The summed E-state index contributed by atoms with van der Waals surface area (Å²) in [6, 6.07) is 18.9. The Bertz CT molecular complexity index is 388. The van der Waals surface area contributed by atoms with Gasteiger partial charge in [-0.15, -0.1) is 0 Å². The third kappa shape index (κ3) is 7.46. The molecule has 2 aromatic rings. The highest BCUT2D eigenvalue weighted by Crippen LogP contribution is 2.21. The smallest absolute Gasteiger partial charge is 0.0155 e. The standard InChI is InChI=1S/C13H12.3C2H6/c1-11-7-5-6-10-13(11)12-8-3-2-4-9-12;3*1-2/h2-10H,1H3;3*1-2H3. The quantitative estimate of drug-likeness (QED) is 0.531. The zero-order valence-corrected chi connectivity index (χ0v) is 13.7. The topological polar surface area (TPSA) is 0 Å². The second-order valence-electron chi connectivity index (χ2n) is 3.18. The van der Waals surface area contributed by atoms with Crippen molar-refractivity contribution in [1.82, 2.24) is 0 Å². The first-order chi connectivity index (χ1) is 9.38. The molecule has 0 saturated heterocycles. The van der Waals surface area contributed by atoms with Crippen LogP contribution in [-0.4, -0.2) is 0 Å². The molecule has 0 N–H and O–H groups in total. The van der Waals surface area contributed by atoms with Gasteiger partial charge in [0.25, 0.3) is 0 Å². The lowest BCUT2D eigenvalue weighted by molar-refractivity contribution is 1.46. The van der Waals surface area contributed by atoms with Gasteiger partial charge in [-0.1, -0.05) is 96.1 Å². The van der Waals surface area contributed by atoms with Gasteiger partial charge in [0.15, 0.2) is 0 Å². The molecule has 0 aliphatic heterocycles. The number of hydrogen-bond donors (Lipinski definition) is 0. The number of aryl methyl sites for hydroxylation is 1. The SMILES string of the molecule is CC.CC.CC.Cc1ccccc1-c1ccccc1. The van der Waals surface area contributed by atoms with Crippen molar-refractivity contribution in [1.29, 1.82) is 0 Å². The minimum absolute atomic E-state index is 1.29. The van der Waals surface area contributed by atoms with E-state index in [1.165, 1.54) is 16.7 Å². The largest absolute Gasteiger partial charge is 0.0683 e. The lowest BCUT2D eigenvalue weighted by Gasteiger charge is -2.04. The van der Waals surface area contributed by atoms with Gasteiger partial charge in [-0.2, -0.15) is 0 Å². The van der Waals surface area contributed by atoms with Gasteiger partial charge in [0.05, 0.1) is 0 Å². The normalized spacial score (nSPS) is 7.74. The van der Waals surface area contributed by atoms with Crippen LogP contribution in [0.15, 0.2) is 54.6 Å². The Labute approximate surface area is 120 Å². The highest BCUT2D eigenvalue weighted by atomic mass is 14.0. The zero-order valence-electron chi connectivity index (χ0n) is 13.7. The van der Waals surface area contributed by atoms with Crippen LogP contribution in [-0.2, 0) is 0 Å². The molecule has 0 nitrogen and oxygen atoms in total. The second-order valence-corrected chi connectivity index (χ2v) is 3.18. The van der Waals surface area contributed by atoms with Crippen molar-refractivity contribution in [3.8, 4) is 11.1 Å². The molecule has 0 heterocycles. The molecule has 0 unspecified atom stereocenters. The molecule has 0 radical (unpaired) electrons. The van der Waals surface area contributed by atoms with Crippen LogP contribution in [0.4, 0.5) is 0 Å². The highest BCUT2D eigenvalue weighted by Gasteiger charge is 1.97. The fraction of sp³-hybridized carbons (Fsp3) is 0.368. The summed E-state index contributed by atoms with van der Waals surface area (Å²) >= 11 is 0. The van der Waals surface area contributed by atoms with Crippen molar-refractivity contribution in [3.05, 3.63) is 60.2 Å². The molecular weight excluding hydrogens is 228 g/mol. The van der Waals surface area contributed by atoms with Crippen LogP contribution in [0.3, 0.4) is 0 Å². The Morgan fingerprint density at radius 2 is 0.947 bits per heavy atom. The maximum Gasteiger partial charge on any atom is -0.0155 e. The number of hydrogen-bond acceptors (Lipinski definition) is 0. The molecule has 0 spiro atoms. The van der Waals surface area contributed by atoms with Crippen LogP contribution >= 0.6 is 0 Å². The third-order valence-corrected chi connectivity index (χ3v) is 2.23. The van der Waals surface area contributed by atoms with Gasteiger partial charge < -0.3 is 0 Å². The van der Waals surface area contributed by atoms with Gasteiger partial charge in [0.2, 0.25) is 0 Å². The van der Waals surface area contributed by atoms with E-state index in [4.69, 9.17) is 0 Å². The van der Waals surface area contributed by atoms with Crippen molar-refractivity contribution >= 4 is 0 Å². The fourth-order valence-corrected chi connectivity index (χ4v) is 1.51. The lowest BCUT2D eigenvalue weighted by atomic mass is 10.0. The Hall–Kier alpha value is -1.56. The molecule has 0 fully saturated rings.